The molecule has 178 valence electrons. The van der Waals surface area contributed by atoms with Crippen LogP contribution in [0.3, 0.4) is 0 Å². The van der Waals surface area contributed by atoms with Crippen molar-refractivity contribution in [3.63, 3.8) is 0 Å². The fourth-order valence-electron chi connectivity index (χ4n) is 5.86. The Labute approximate surface area is 205 Å². The van der Waals surface area contributed by atoms with Gasteiger partial charge in [0.2, 0.25) is 5.71 Å². The Hall–Kier alpha value is -3.80. The molecule has 6 heteroatoms. The van der Waals surface area contributed by atoms with Gasteiger partial charge in [0.05, 0.1) is 34.5 Å². The largest absolute Gasteiger partial charge is 0.435 e. The molecule has 6 rings (SSSR count). The van der Waals surface area contributed by atoms with Crippen molar-refractivity contribution >= 4 is 39.1 Å². The minimum Gasteiger partial charge on any atom is -0.435 e. The lowest BCUT2D eigenvalue weighted by atomic mass is 9.97. The summed E-state index contributed by atoms with van der Waals surface area (Å²) in [6, 6.07) is 17.2. The van der Waals surface area contributed by atoms with E-state index in [0.29, 0.717) is 5.71 Å². The van der Waals surface area contributed by atoms with Crippen LogP contribution < -0.4 is 9.80 Å². The Morgan fingerprint density at radius 3 is 2.34 bits per heavy atom. The quantitative estimate of drug-likeness (QED) is 0.291. The van der Waals surface area contributed by atoms with Gasteiger partial charge in [0.15, 0.2) is 5.58 Å². The van der Waals surface area contributed by atoms with Crippen molar-refractivity contribution in [3.8, 4) is 0 Å². The normalized spacial score (nSPS) is 16.0. The minimum absolute atomic E-state index is 0.0461. The van der Waals surface area contributed by atoms with Crippen LogP contribution in [0, 0.1) is 20.8 Å². The summed E-state index contributed by atoms with van der Waals surface area (Å²) in [5.74, 6) is 1.01. The highest BCUT2D eigenvalue weighted by Gasteiger charge is 2.44. The van der Waals surface area contributed by atoms with Crippen molar-refractivity contribution < 1.29 is 4.42 Å². The SMILES string of the molecule is Cc1ccc2c(n1)oc1c(N3c4ccccc4N(C(C)(C)c4cnc(C)n4C)[C@@H]3C)c(C)ccc12. The summed E-state index contributed by atoms with van der Waals surface area (Å²) in [5, 5.41) is 2.15. The lowest BCUT2D eigenvalue weighted by Gasteiger charge is -2.42. The number of benzene rings is 2. The van der Waals surface area contributed by atoms with Gasteiger partial charge in [-0.2, -0.15) is 0 Å². The summed E-state index contributed by atoms with van der Waals surface area (Å²) in [4.78, 5) is 14.2. The Kier molecular flexibility index (Phi) is 4.56. The number of hydrogen-bond acceptors (Lipinski definition) is 5. The van der Waals surface area contributed by atoms with E-state index in [1.165, 1.54) is 22.6 Å². The van der Waals surface area contributed by atoms with E-state index in [-0.39, 0.29) is 11.7 Å². The summed E-state index contributed by atoms with van der Waals surface area (Å²) in [6.07, 6.45) is 2.05. The Balaban J connectivity index is 1.59. The molecular weight excluding hydrogens is 434 g/mol. The van der Waals surface area contributed by atoms with Gasteiger partial charge in [0.1, 0.15) is 12.0 Å². The van der Waals surface area contributed by atoms with Crippen LogP contribution in [-0.2, 0) is 12.6 Å². The molecule has 4 heterocycles. The molecule has 0 amide bonds. The van der Waals surface area contributed by atoms with E-state index in [1.54, 1.807) is 0 Å². The maximum absolute atomic E-state index is 6.46. The molecule has 0 N–H and O–H groups in total. The van der Waals surface area contributed by atoms with E-state index in [2.05, 4.69) is 108 Å². The Morgan fingerprint density at radius 2 is 1.63 bits per heavy atom. The van der Waals surface area contributed by atoms with Crippen molar-refractivity contribution in [3.05, 3.63) is 77.5 Å². The van der Waals surface area contributed by atoms with Gasteiger partial charge in [-0.05, 0) is 71.4 Å². The third-order valence-electron chi connectivity index (χ3n) is 7.66. The summed E-state index contributed by atoms with van der Waals surface area (Å²) >= 11 is 0. The van der Waals surface area contributed by atoms with Gasteiger partial charge in [-0.1, -0.05) is 24.3 Å². The number of pyridine rings is 1. The van der Waals surface area contributed by atoms with Crippen LogP contribution in [0.25, 0.3) is 22.1 Å². The van der Waals surface area contributed by atoms with Gasteiger partial charge in [0.25, 0.3) is 0 Å². The molecule has 0 aliphatic carbocycles. The van der Waals surface area contributed by atoms with Gasteiger partial charge >= 0.3 is 0 Å². The minimum atomic E-state index is -0.297. The summed E-state index contributed by atoms with van der Waals surface area (Å²) in [7, 11) is 2.10. The van der Waals surface area contributed by atoms with Gasteiger partial charge in [-0.3, -0.25) is 0 Å². The zero-order valence-corrected chi connectivity index (χ0v) is 21.4. The first kappa shape index (κ1) is 21.7. The molecular formula is C29H31N5O. The molecule has 0 saturated heterocycles. The standard InChI is InChI=1S/C29H31N5O/c1-17-12-14-21-22-15-13-18(2)31-28(22)35-27(21)26(17)33-20(4)34(24-11-9-8-10-23(24)33)29(5,6)25-16-30-19(3)32(25)7/h8-16,20H,1-7H3/t20-/m1/s1. The molecule has 0 saturated carbocycles. The van der Waals surface area contributed by atoms with Crippen LogP contribution >= 0.6 is 0 Å². The highest BCUT2D eigenvalue weighted by molar-refractivity contribution is 6.10. The third-order valence-corrected chi connectivity index (χ3v) is 7.66. The lowest BCUT2D eigenvalue weighted by Crippen LogP contribution is -2.50. The number of rotatable bonds is 3. The molecule has 6 nitrogen and oxygen atoms in total. The van der Waals surface area contributed by atoms with E-state index < -0.39 is 0 Å². The Morgan fingerprint density at radius 1 is 0.914 bits per heavy atom. The van der Waals surface area contributed by atoms with Gasteiger partial charge in [0, 0.05) is 23.5 Å². The third kappa shape index (κ3) is 2.95. The van der Waals surface area contributed by atoms with E-state index in [4.69, 9.17) is 4.42 Å². The zero-order valence-electron chi connectivity index (χ0n) is 21.4. The molecule has 0 spiro atoms. The number of aromatic nitrogens is 3. The number of fused-ring (bicyclic) bond motifs is 4. The van der Waals surface area contributed by atoms with Gasteiger partial charge in [-0.25, -0.2) is 9.97 Å². The first-order valence-electron chi connectivity index (χ1n) is 12.2. The van der Waals surface area contributed by atoms with E-state index in [9.17, 15) is 0 Å². The number of hydrogen-bond donors (Lipinski definition) is 0. The molecule has 0 bridgehead atoms. The van der Waals surface area contributed by atoms with Gasteiger partial charge < -0.3 is 18.8 Å². The van der Waals surface area contributed by atoms with Crippen molar-refractivity contribution in [2.24, 2.45) is 7.05 Å². The predicted molar refractivity (Wildman–Crippen MR) is 142 cm³/mol. The van der Waals surface area contributed by atoms with Crippen LogP contribution in [0.2, 0.25) is 0 Å². The first-order chi connectivity index (χ1) is 16.7. The second-order valence-electron chi connectivity index (χ2n) is 10.2. The topological polar surface area (TPSA) is 50.3 Å². The fourth-order valence-corrected chi connectivity index (χ4v) is 5.86. The number of para-hydroxylation sites is 2. The van der Waals surface area contributed by atoms with Crippen molar-refractivity contribution in [2.45, 2.75) is 53.2 Å². The maximum atomic E-state index is 6.46. The van der Waals surface area contributed by atoms with E-state index in [0.717, 1.165) is 33.6 Å². The lowest BCUT2D eigenvalue weighted by molar-refractivity contribution is 0.424. The summed E-state index contributed by atoms with van der Waals surface area (Å²) in [6.45, 7) is 13.0. The monoisotopic (exact) mass is 465 g/mol. The molecule has 2 aromatic carbocycles. The molecule has 0 fully saturated rings. The smallest absolute Gasteiger partial charge is 0.227 e. The molecule has 1 aliphatic rings. The summed E-state index contributed by atoms with van der Waals surface area (Å²) < 4.78 is 8.66. The zero-order chi connectivity index (χ0) is 24.6. The van der Waals surface area contributed by atoms with Crippen LogP contribution in [0.5, 0.6) is 0 Å². The average Bonchev–Trinajstić information content (AvgIpc) is 3.45. The molecule has 1 aliphatic heterocycles. The summed E-state index contributed by atoms with van der Waals surface area (Å²) in [5.41, 5.74) is 8.05. The van der Waals surface area contributed by atoms with Crippen LogP contribution in [0.15, 0.2) is 59.1 Å². The van der Waals surface area contributed by atoms with E-state index >= 15 is 0 Å². The van der Waals surface area contributed by atoms with Gasteiger partial charge in [-0.15, -0.1) is 0 Å². The molecule has 1 atom stereocenters. The van der Waals surface area contributed by atoms with Crippen LogP contribution in [-0.4, -0.2) is 20.7 Å². The molecule has 5 aromatic rings. The van der Waals surface area contributed by atoms with E-state index in [1.807, 2.05) is 19.2 Å². The predicted octanol–water partition coefficient (Wildman–Crippen LogP) is 6.88. The highest BCUT2D eigenvalue weighted by atomic mass is 16.3. The fraction of sp³-hybridized carbons (Fsp3) is 0.310. The van der Waals surface area contributed by atoms with Crippen LogP contribution in [0.1, 0.15) is 43.5 Å². The maximum Gasteiger partial charge on any atom is 0.227 e. The number of nitrogens with zero attached hydrogens (tertiary/aromatic N) is 5. The average molecular weight is 466 g/mol. The number of furan rings is 1. The van der Waals surface area contributed by atoms with Crippen LogP contribution in [0.4, 0.5) is 17.1 Å². The number of anilines is 3. The second kappa shape index (κ2) is 7.35. The van der Waals surface area contributed by atoms with Crippen molar-refractivity contribution in [2.75, 3.05) is 9.80 Å². The number of imidazole rings is 1. The molecule has 3 aromatic heterocycles. The molecule has 35 heavy (non-hydrogen) atoms. The highest BCUT2D eigenvalue weighted by Crippen LogP contribution is 2.52. The Bertz CT molecular complexity index is 1610. The first-order valence-corrected chi connectivity index (χ1v) is 12.2. The van der Waals surface area contributed by atoms with Crippen molar-refractivity contribution in [1.82, 2.24) is 14.5 Å². The molecule has 0 unspecified atom stereocenters. The molecule has 0 radical (unpaired) electrons. The number of aryl methyl sites for hydroxylation is 3. The van der Waals surface area contributed by atoms with Crippen molar-refractivity contribution in [1.29, 1.82) is 0 Å². The second-order valence-corrected chi connectivity index (χ2v) is 10.2.